The summed E-state index contributed by atoms with van der Waals surface area (Å²) in [5, 5.41) is 0. The first-order valence-corrected chi connectivity index (χ1v) is 7.80. The van der Waals surface area contributed by atoms with Gasteiger partial charge in [0.2, 0.25) is 0 Å². The third-order valence-electron chi connectivity index (χ3n) is 3.24. The number of nitrogens with one attached hydrogen (secondary N) is 1. The van der Waals surface area contributed by atoms with E-state index in [0.29, 0.717) is 30.3 Å². The van der Waals surface area contributed by atoms with E-state index in [1.165, 1.54) is 4.31 Å². The van der Waals surface area contributed by atoms with Crippen LogP contribution in [0.15, 0.2) is 24.3 Å². The highest BCUT2D eigenvalue weighted by atomic mass is 32.2. The van der Waals surface area contributed by atoms with Crippen molar-refractivity contribution in [2.75, 3.05) is 17.8 Å². The predicted molar refractivity (Wildman–Crippen MR) is 76.9 cm³/mol. The lowest BCUT2D eigenvalue weighted by atomic mass is 10.0. The fraction of sp³-hybridized carbons (Fsp3) is 0.429. The molecule has 1 saturated heterocycles. The van der Waals surface area contributed by atoms with Crippen LogP contribution in [0, 0.1) is 18.3 Å². The van der Waals surface area contributed by atoms with Gasteiger partial charge < -0.3 is 0 Å². The quantitative estimate of drug-likeness (QED) is 0.860. The third kappa shape index (κ3) is 3.49. The van der Waals surface area contributed by atoms with Gasteiger partial charge in [0, 0.05) is 18.7 Å². The predicted octanol–water partition coefficient (Wildman–Crippen LogP) is 2.06. The maximum Gasteiger partial charge on any atom is 0.301 e. The zero-order chi connectivity index (χ0) is 13.9. The van der Waals surface area contributed by atoms with E-state index in [9.17, 15) is 8.42 Å². The summed E-state index contributed by atoms with van der Waals surface area (Å²) >= 11 is 0. The smallest absolute Gasteiger partial charge is 0.271 e. The molecule has 0 amide bonds. The number of nitrogens with zero attached hydrogens (tertiary/aromatic N) is 1. The minimum atomic E-state index is -3.48. The molecule has 5 heteroatoms. The molecule has 1 aromatic rings. The van der Waals surface area contributed by atoms with Crippen LogP contribution >= 0.6 is 0 Å². The zero-order valence-corrected chi connectivity index (χ0v) is 11.8. The fourth-order valence-electron chi connectivity index (χ4n) is 2.25. The Morgan fingerprint density at radius 3 is 2.95 bits per heavy atom. The molecule has 0 radical (unpaired) electrons. The van der Waals surface area contributed by atoms with E-state index in [4.69, 9.17) is 6.42 Å². The monoisotopic (exact) mass is 278 g/mol. The Kier molecular flexibility index (Phi) is 4.13. The van der Waals surface area contributed by atoms with Gasteiger partial charge in [-0.3, -0.25) is 4.72 Å². The molecule has 1 unspecified atom stereocenters. The summed E-state index contributed by atoms with van der Waals surface area (Å²) in [6.07, 6.45) is 7.30. The summed E-state index contributed by atoms with van der Waals surface area (Å²) in [4.78, 5) is 0. The summed E-state index contributed by atoms with van der Waals surface area (Å²) < 4.78 is 28.6. The molecule has 0 saturated carbocycles. The average molecular weight is 278 g/mol. The van der Waals surface area contributed by atoms with Crippen molar-refractivity contribution in [1.82, 2.24) is 4.31 Å². The largest absolute Gasteiger partial charge is 0.301 e. The molecule has 0 aliphatic carbocycles. The molecule has 1 aromatic carbocycles. The molecule has 19 heavy (non-hydrogen) atoms. The molecule has 1 atom stereocenters. The van der Waals surface area contributed by atoms with Crippen molar-refractivity contribution in [1.29, 1.82) is 0 Å². The Bertz CT molecular complexity index is 590. The zero-order valence-electron chi connectivity index (χ0n) is 11.0. The van der Waals surface area contributed by atoms with E-state index < -0.39 is 10.2 Å². The molecular weight excluding hydrogens is 260 g/mol. The van der Waals surface area contributed by atoms with Crippen LogP contribution in [-0.4, -0.2) is 25.8 Å². The van der Waals surface area contributed by atoms with Crippen LogP contribution in [0.25, 0.3) is 0 Å². The van der Waals surface area contributed by atoms with Gasteiger partial charge in [-0.25, -0.2) is 0 Å². The van der Waals surface area contributed by atoms with Gasteiger partial charge in [-0.2, -0.15) is 12.7 Å². The summed E-state index contributed by atoms with van der Waals surface area (Å²) in [6.45, 7) is 3.22. The first-order chi connectivity index (χ1) is 9.01. The van der Waals surface area contributed by atoms with E-state index in [1.807, 2.05) is 0 Å². The van der Waals surface area contributed by atoms with Gasteiger partial charge in [-0.15, -0.1) is 6.42 Å². The third-order valence-corrected chi connectivity index (χ3v) is 4.74. The molecule has 1 fully saturated rings. The summed E-state index contributed by atoms with van der Waals surface area (Å²) in [7, 11) is -3.48. The van der Waals surface area contributed by atoms with Gasteiger partial charge in [-0.05, 0) is 37.0 Å². The van der Waals surface area contributed by atoms with Crippen LogP contribution in [0.3, 0.4) is 0 Å². The maximum atomic E-state index is 12.3. The Balaban J connectivity index is 2.14. The molecule has 1 aliphatic rings. The van der Waals surface area contributed by atoms with Gasteiger partial charge in [0.15, 0.2) is 0 Å². The molecule has 1 aliphatic heterocycles. The van der Waals surface area contributed by atoms with Crippen molar-refractivity contribution in [3.63, 3.8) is 0 Å². The number of hydrogen-bond acceptors (Lipinski definition) is 2. The van der Waals surface area contributed by atoms with Crippen molar-refractivity contribution in [3.8, 4) is 12.3 Å². The van der Waals surface area contributed by atoms with Gasteiger partial charge in [0.1, 0.15) is 0 Å². The topological polar surface area (TPSA) is 49.4 Å². The van der Waals surface area contributed by atoms with Crippen LogP contribution in [0.5, 0.6) is 0 Å². The number of benzene rings is 1. The number of anilines is 1. The lowest BCUT2D eigenvalue weighted by molar-refractivity contribution is 0.282. The van der Waals surface area contributed by atoms with E-state index in [1.54, 1.807) is 24.3 Å². The minimum absolute atomic E-state index is 0.405. The summed E-state index contributed by atoms with van der Waals surface area (Å²) in [5.41, 5.74) is 1.17. The fourth-order valence-corrected chi connectivity index (χ4v) is 3.62. The van der Waals surface area contributed by atoms with Crippen molar-refractivity contribution in [2.45, 2.75) is 19.8 Å². The number of piperidine rings is 1. The highest BCUT2D eigenvalue weighted by Crippen LogP contribution is 2.20. The van der Waals surface area contributed by atoms with Crippen molar-refractivity contribution >= 4 is 15.9 Å². The lowest BCUT2D eigenvalue weighted by Crippen LogP contribution is -2.42. The van der Waals surface area contributed by atoms with Crippen LogP contribution in [0.4, 0.5) is 5.69 Å². The second-order valence-electron chi connectivity index (χ2n) is 4.94. The van der Waals surface area contributed by atoms with E-state index in [2.05, 4.69) is 17.6 Å². The van der Waals surface area contributed by atoms with Gasteiger partial charge in [-0.1, -0.05) is 18.9 Å². The summed E-state index contributed by atoms with van der Waals surface area (Å²) in [6, 6.07) is 6.86. The molecular formula is C14H18N2O2S. The number of hydrogen-bond donors (Lipinski definition) is 1. The first kappa shape index (κ1) is 13.9. The Labute approximate surface area is 115 Å². The van der Waals surface area contributed by atoms with Crippen LogP contribution in [0.2, 0.25) is 0 Å². The van der Waals surface area contributed by atoms with Crippen LogP contribution in [0.1, 0.15) is 25.3 Å². The van der Waals surface area contributed by atoms with Crippen LogP contribution in [-0.2, 0) is 10.2 Å². The molecule has 0 bridgehead atoms. The SMILES string of the molecule is C#Cc1cccc(NS(=O)(=O)N2CCCC(C)C2)c1. The molecule has 4 nitrogen and oxygen atoms in total. The molecule has 0 spiro atoms. The average Bonchev–Trinajstić information content (AvgIpc) is 2.38. The highest BCUT2D eigenvalue weighted by Gasteiger charge is 2.26. The van der Waals surface area contributed by atoms with Crippen molar-refractivity contribution in [2.24, 2.45) is 5.92 Å². The summed E-state index contributed by atoms with van der Waals surface area (Å²) in [5.74, 6) is 2.90. The van der Waals surface area contributed by atoms with E-state index >= 15 is 0 Å². The molecule has 0 aromatic heterocycles. The minimum Gasteiger partial charge on any atom is -0.271 e. The lowest BCUT2D eigenvalue weighted by Gasteiger charge is -2.30. The Morgan fingerprint density at radius 1 is 1.47 bits per heavy atom. The molecule has 102 valence electrons. The number of rotatable bonds is 3. The highest BCUT2D eigenvalue weighted by molar-refractivity contribution is 7.90. The standard InChI is InChI=1S/C14H18N2O2S/c1-3-13-7-4-8-14(10-13)15-19(17,18)16-9-5-6-12(2)11-16/h1,4,7-8,10,12,15H,5-6,9,11H2,2H3. The van der Waals surface area contributed by atoms with Crippen LogP contribution < -0.4 is 4.72 Å². The van der Waals surface area contributed by atoms with Crippen molar-refractivity contribution in [3.05, 3.63) is 29.8 Å². The maximum absolute atomic E-state index is 12.3. The second-order valence-corrected chi connectivity index (χ2v) is 6.61. The number of terminal acetylenes is 1. The Hall–Kier alpha value is -1.51. The van der Waals surface area contributed by atoms with E-state index in [0.717, 1.165) is 12.8 Å². The molecule has 1 heterocycles. The normalized spacial score (nSPS) is 20.7. The molecule has 2 rings (SSSR count). The van der Waals surface area contributed by atoms with Gasteiger partial charge in [0.25, 0.3) is 0 Å². The van der Waals surface area contributed by atoms with E-state index in [-0.39, 0.29) is 0 Å². The second kappa shape index (κ2) is 5.64. The Morgan fingerprint density at radius 2 is 2.26 bits per heavy atom. The first-order valence-electron chi connectivity index (χ1n) is 6.36. The van der Waals surface area contributed by atoms with Gasteiger partial charge in [0.05, 0.1) is 5.69 Å². The molecule has 1 N–H and O–H groups in total. The van der Waals surface area contributed by atoms with Gasteiger partial charge >= 0.3 is 10.2 Å². The van der Waals surface area contributed by atoms with Crippen molar-refractivity contribution < 1.29 is 8.42 Å².